The molecule has 0 heterocycles. The van der Waals surface area contributed by atoms with Gasteiger partial charge in [-0.05, 0) is 24.3 Å². The van der Waals surface area contributed by atoms with Crippen molar-refractivity contribution in [2.45, 2.75) is 29.9 Å². The Morgan fingerprint density at radius 3 is 1.58 bits per heavy atom. The summed E-state index contributed by atoms with van der Waals surface area (Å²) < 4.78 is 144. The van der Waals surface area contributed by atoms with Crippen molar-refractivity contribution in [1.82, 2.24) is 0 Å². The van der Waals surface area contributed by atoms with Crippen molar-refractivity contribution in [3.63, 3.8) is 0 Å². The first-order valence-electron chi connectivity index (χ1n) is 6.22. The van der Waals surface area contributed by atoms with Crippen LogP contribution in [-0.4, -0.2) is 36.5 Å². The predicted molar refractivity (Wildman–Crippen MR) is 62.5 cm³/mol. The minimum Gasteiger partial charge on any atom is -0.487 e. The molecule has 1 aromatic carbocycles. The summed E-state index contributed by atoms with van der Waals surface area (Å²) in [5.74, 6) is -28.7. The molecule has 13 heteroatoms. The molecule has 0 radical (unpaired) electrons. The van der Waals surface area contributed by atoms with Gasteiger partial charge in [0.05, 0.1) is 11.6 Å². The van der Waals surface area contributed by atoms with E-state index >= 15 is 0 Å². The molecule has 0 atom stereocenters. The van der Waals surface area contributed by atoms with E-state index in [1.54, 1.807) is 6.07 Å². The van der Waals surface area contributed by atoms with Gasteiger partial charge in [-0.1, -0.05) is 0 Å². The zero-order valence-corrected chi connectivity index (χ0v) is 12.0. The fourth-order valence-corrected chi connectivity index (χ4v) is 1.50. The van der Waals surface area contributed by atoms with Crippen LogP contribution in [0.3, 0.4) is 0 Å². The fourth-order valence-electron chi connectivity index (χ4n) is 1.50. The number of benzene rings is 1. The van der Waals surface area contributed by atoms with Crippen LogP contribution in [0.5, 0.6) is 5.75 Å². The third-order valence-electron chi connectivity index (χ3n) is 3.01. The Bertz CT molecular complexity index is 673. The molecular formula is C13H6F11NO. The van der Waals surface area contributed by atoms with Crippen molar-refractivity contribution in [2.24, 2.45) is 0 Å². The molecule has 0 aliphatic carbocycles. The Morgan fingerprint density at radius 2 is 1.19 bits per heavy atom. The van der Waals surface area contributed by atoms with Crippen molar-refractivity contribution in [2.75, 3.05) is 6.61 Å². The van der Waals surface area contributed by atoms with Crippen LogP contribution in [0.25, 0.3) is 0 Å². The first-order valence-corrected chi connectivity index (χ1v) is 6.22. The number of hydrogen-bond acceptors (Lipinski definition) is 2. The van der Waals surface area contributed by atoms with Gasteiger partial charge in [-0.15, -0.1) is 0 Å². The van der Waals surface area contributed by atoms with E-state index in [0.29, 0.717) is 0 Å². The molecule has 0 amide bonds. The van der Waals surface area contributed by atoms with Crippen LogP contribution < -0.4 is 4.74 Å². The molecule has 0 fully saturated rings. The van der Waals surface area contributed by atoms with E-state index in [4.69, 9.17) is 5.26 Å². The zero-order valence-electron chi connectivity index (χ0n) is 12.0. The average Bonchev–Trinajstić information content (AvgIpc) is 2.51. The number of nitriles is 1. The maximum Gasteiger partial charge on any atom is 0.460 e. The third-order valence-corrected chi connectivity index (χ3v) is 3.01. The average molecular weight is 401 g/mol. The van der Waals surface area contributed by atoms with Crippen LogP contribution in [0, 0.1) is 11.3 Å². The molecule has 0 aliphatic rings. The van der Waals surface area contributed by atoms with Crippen molar-refractivity contribution >= 4 is 0 Å². The van der Waals surface area contributed by atoms with Gasteiger partial charge in [0, 0.05) is 0 Å². The van der Waals surface area contributed by atoms with Gasteiger partial charge < -0.3 is 4.74 Å². The molecule has 146 valence electrons. The molecule has 0 unspecified atom stereocenters. The van der Waals surface area contributed by atoms with Crippen LogP contribution in [0.15, 0.2) is 24.3 Å². The van der Waals surface area contributed by atoms with Gasteiger partial charge in [0.25, 0.3) is 0 Å². The number of alkyl halides is 11. The largest absolute Gasteiger partial charge is 0.487 e. The molecule has 26 heavy (non-hydrogen) atoms. The van der Waals surface area contributed by atoms with E-state index in [9.17, 15) is 48.3 Å². The summed E-state index contributed by atoms with van der Waals surface area (Å²) in [6.07, 6.45) is -7.20. The number of ether oxygens (including phenoxy) is 1. The van der Waals surface area contributed by atoms with Gasteiger partial charge in [-0.25, -0.2) is 0 Å². The highest BCUT2D eigenvalue weighted by molar-refractivity contribution is 5.34. The summed E-state index contributed by atoms with van der Waals surface area (Å²) in [7, 11) is 0. The normalized spacial score (nSPS) is 14.1. The Balaban J connectivity index is 3.09. The highest BCUT2D eigenvalue weighted by atomic mass is 19.4. The molecule has 0 saturated carbocycles. The summed E-state index contributed by atoms with van der Waals surface area (Å²) in [5, 5.41) is 8.47. The van der Waals surface area contributed by atoms with Crippen LogP contribution in [0.1, 0.15) is 5.56 Å². The Kier molecular flexibility index (Phi) is 5.42. The molecule has 1 rings (SSSR count). The van der Waals surface area contributed by atoms with E-state index in [1.807, 2.05) is 0 Å². The van der Waals surface area contributed by atoms with Gasteiger partial charge in [-0.2, -0.15) is 53.6 Å². The number of halogens is 11. The van der Waals surface area contributed by atoms with Gasteiger partial charge in [0.1, 0.15) is 5.75 Å². The lowest BCUT2D eigenvalue weighted by Gasteiger charge is -2.37. The summed E-state index contributed by atoms with van der Waals surface area (Å²) in [5.41, 5.74) is -0.0224. The minimum atomic E-state index is -7.46. The van der Waals surface area contributed by atoms with Crippen molar-refractivity contribution < 1.29 is 53.0 Å². The van der Waals surface area contributed by atoms with Gasteiger partial charge >= 0.3 is 29.9 Å². The molecule has 0 N–H and O–H groups in total. The lowest BCUT2D eigenvalue weighted by atomic mass is 9.98. The summed E-state index contributed by atoms with van der Waals surface area (Å²) in [6.45, 7) is -2.63. The van der Waals surface area contributed by atoms with E-state index in [0.717, 1.165) is 24.3 Å². The van der Waals surface area contributed by atoms with Gasteiger partial charge in [-0.3, -0.25) is 0 Å². The molecule has 0 aliphatic heterocycles. The van der Waals surface area contributed by atoms with E-state index in [1.165, 1.54) is 0 Å². The highest BCUT2D eigenvalue weighted by Crippen LogP contribution is 2.57. The quantitative estimate of drug-likeness (QED) is 0.626. The summed E-state index contributed by atoms with van der Waals surface area (Å²) >= 11 is 0. The van der Waals surface area contributed by atoms with Crippen LogP contribution in [0.2, 0.25) is 0 Å². The van der Waals surface area contributed by atoms with Crippen molar-refractivity contribution in [3.05, 3.63) is 29.8 Å². The minimum absolute atomic E-state index is 0.0224. The zero-order chi connectivity index (χ0) is 20.6. The molecule has 0 saturated heterocycles. The lowest BCUT2D eigenvalue weighted by molar-refractivity contribution is -0.423. The Morgan fingerprint density at radius 1 is 0.731 bits per heavy atom. The Labute approximate surface area is 137 Å². The Hall–Kier alpha value is -2.26. The highest BCUT2D eigenvalue weighted by Gasteiger charge is 2.87. The maximum atomic E-state index is 13.3. The maximum absolute atomic E-state index is 13.3. The molecular weight excluding hydrogens is 395 g/mol. The standard InChI is InChI=1S/C13H6F11NO/c14-9(15,6-26-8-3-1-7(5-25)2-4-8)10(16,17)11(18,19)12(20,21)13(22,23)24/h1-4H,6H2. The fraction of sp³-hybridized carbons (Fsp3) is 0.462. The first kappa shape index (κ1) is 21.8. The second-order valence-corrected chi connectivity index (χ2v) is 4.85. The van der Waals surface area contributed by atoms with E-state index < -0.39 is 42.2 Å². The van der Waals surface area contributed by atoms with Gasteiger partial charge in [0.15, 0.2) is 6.61 Å². The molecule has 0 spiro atoms. The van der Waals surface area contributed by atoms with Crippen molar-refractivity contribution in [3.8, 4) is 11.8 Å². The SMILES string of the molecule is N#Cc1ccc(OCC(F)(F)C(F)(F)C(F)(F)C(F)(F)C(F)(F)F)cc1. The molecule has 1 aromatic rings. The second kappa shape index (κ2) is 6.48. The smallest absolute Gasteiger partial charge is 0.460 e. The van der Waals surface area contributed by atoms with E-state index in [-0.39, 0.29) is 5.56 Å². The first-order chi connectivity index (χ1) is 11.5. The van der Waals surface area contributed by atoms with Crippen molar-refractivity contribution in [1.29, 1.82) is 5.26 Å². The number of rotatable bonds is 6. The van der Waals surface area contributed by atoms with Gasteiger partial charge in [0.2, 0.25) is 0 Å². The van der Waals surface area contributed by atoms with Crippen LogP contribution in [-0.2, 0) is 0 Å². The lowest BCUT2D eigenvalue weighted by Crippen LogP contribution is -2.67. The van der Waals surface area contributed by atoms with Crippen LogP contribution >= 0.6 is 0 Å². The number of hydrogen-bond donors (Lipinski definition) is 0. The van der Waals surface area contributed by atoms with Crippen LogP contribution in [0.4, 0.5) is 48.3 Å². The summed E-state index contributed by atoms with van der Waals surface area (Å²) in [6, 6.07) is 5.08. The topological polar surface area (TPSA) is 33.0 Å². The molecule has 2 nitrogen and oxygen atoms in total. The van der Waals surface area contributed by atoms with E-state index in [2.05, 4.69) is 4.74 Å². The second-order valence-electron chi connectivity index (χ2n) is 4.85. The number of nitrogens with zero attached hydrogens (tertiary/aromatic N) is 1. The summed E-state index contributed by atoms with van der Waals surface area (Å²) in [4.78, 5) is 0. The molecule has 0 aromatic heterocycles. The molecule has 0 bridgehead atoms. The third kappa shape index (κ3) is 3.49. The predicted octanol–water partition coefficient (Wildman–Crippen LogP) is 5.04. The monoisotopic (exact) mass is 401 g/mol.